The van der Waals surface area contributed by atoms with E-state index < -0.39 is 17.3 Å². The molecule has 2 aromatic carbocycles. The lowest BCUT2D eigenvalue weighted by atomic mass is 9.89. The second-order valence-electron chi connectivity index (χ2n) is 10.5. The van der Waals surface area contributed by atoms with E-state index in [-0.39, 0.29) is 17.7 Å². The average Bonchev–Trinajstić information content (AvgIpc) is 3.28. The fourth-order valence-corrected chi connectivity index (χ4v) is 4.76. The van der Waals surface area contributed by atoms with Gasteiger partial charge in [-0.2, -0.15) is 5.10 Å². The number of carbonyl (C=O) groups is 2. The number of piperidine rings is 1. The van der Waals surface area contributed by atoms with Crippen molar-refractivity contribution in [2.45, 2.75) is 45.1 Å². The first kappa shape index (κ1) is 26.1. The van der Waals surface area contributed by atoms with Crippen LogP contribution >= 0.6 is 0 Å². The van der Waals surface area contributed by atoms with E-state index >= 15 is 0 Å². The smallest absolute Gasteiger partial charge is 0.410 e. The summed E-state index contributed by atoms with van der Waals surface area (Å²) >= 11 is 0. The summed E-state index contributed by atoms with van der Waals surface area (Å²) in [6, 6.07) is 14.7. The third kappa shape index (κ3) is 5.69. The van der Waals surface area contributed by atoms with Crippen LogP contribution in [0.1, 0.15) is 55.6 Å². The second-order valence-corrected chi connectivity index (χ2v) is 10.5. The minimum absolute atomic E-state index is 0.125. The van der Waals surface area contributed by atoms with Crippen LogP contribution in [0.4, 0.5) is 9.18 Å². The molecule has 1 fully saturated rings. The van der Waals surface area contributed by atoms with E-state index in [1.54, 1.807) is 47.5 Å². The Morgan fingerprint density at radius 2 is 1.72 bits per heavy atom. The number of benzene rings is 2. The molecule has 0 radical (unpaired) electrons. The van der Waals surface area contributed by atoms with Crippen LogP contribution < -0.4 is 10.5 Å². The fraction of sp³-hybridized carbons (Fsp3) is 0.310. The Morgan fingerprint density at radius 3 is 2.36 bits per heavy atom. The molecule has 1 aliphatic rings. The van der Waals surface area contributed by atoms with E-state index in [0.29, 0.717) is 41.3 Å². The van der Waals surface area contributed by atoms with Crippen LogP contribution in [0.2, 0.25) is 0 Å². The Bertz CT molecular complexity index is 1520. The maximum Gasteiger partial charge on any atom is 0.410 e. The average molecular weight is 532 g/mol. The molecule has 202 valence electrons. The van der Waals surface area contributed by atoms with E-state index in [9.17, 15) is 14.0 Å². The van der Waals surface area contributed by atoms with Gasteiger partial charge in [-0.3, -0.25) is 9.78 Å². The molecule has 3 heterocycles. The van der Waals surface area contributed by atoms with Crippen LogP contribution in [-0.2, 0) is 4.74 Å². The molecule has 0 bridgehead atoms. The topological polar surface area (TPSA) is 113 Å². The first-order valence-corrected chi connectivity index (χ1v) is 12.8. The number of hydrogen-bond acceptors (Lipinski definition) is 6. The van der Waals surface area contributed by atoms with Gasteiger partial charge in [-0.1, -0.05) is 6.07 Å². The van der Waals surface area contributed by atoms with Crippen LogP contribution in [0.15, 0.2) is 60.8 Å². The number of hydrogen-bond donors (Lipinski definition) is 1. The Balaban J connectivity index is 1.41. The highest BCUT2D eigenvalue weighted by Gasteiger charge is 2.30. The number of ether oxygens (including phenoxy) is 2. The van der Waals surface area contributed by atoms with Crippen molar-refractivity contribution in [2.24, 2.45) is 5.73 Å². The van der Waals surface area contributed by atoms with Gasteiger partial charge in [0.25, 0.3) is 5.91 Å². The third-order valence-electron chi connectivity index (χ3n) is 6.52. The summed E-state index contributed by atoms with van der Waals surface area (Å²) in [5.41, 5.74) is 7.99. The predicted octanol–water partition coefficient (Wildman–Crippen LogP) is 5.57. The van der Waals surface area contributed by atoms with Crippen molar-refractivity contribution in [3.8, 4) is 17.2 Å². The zero-order valence-corrected chi connectivity index (χ0v) is 22.1. The van der Waals surface area contributed by atoms with Crippen molar-refractivity contribution in [2.75, 3.05) is 13.1 Å². The van der Waals surface area contributed by atoms with E-state index in [2.05, 4.69) is 4.98 Å². The number of nitrogens with two attached hydrogens (primary N) is 1. The molecule has 0 saturated carbocycles. The summed E-state index contributed by atoms with van der Waals surface area (Å²) < 4.78 is 26.2. The monoisotopic (exact) mass is 531 g/mol. The molecule has 2 aromatic heterocycles. The molecule has 1 aliphatic heterocycles. The molecule has 0 spiro atoms. The second kappa shape index (κ2) is 10.4. The van der Waals surface area contributed by atoms with E-state index in [1.807, 2.05) is 26.8 Å². The molecule has 0 aliphatic carbocycles. The first-order valence-electron chi connectivity index (χ1n) is 12.8. The van der Waals surface area contributed by atoms with Crippen LogP contribution in [0.25, 0.3) is 16.7 Å². The van der Waals surface area contributed by atoms with Crippen molar-refractivity contribution in [1.82, 2.24) is 19.7 Å². The van der Waals surface area contributed by atoms with Crippen molar-refractivity contribution in [3.63, 3.8) is 0 Å². The first-order chi connectivity index (χ1) is 18.6. The summed E-state index contributed by atoms with van der Waals surface area (Å²) in [5, 5.41) is 4.76. The maximum absolute atomic E-state index is 13.5. The van der Waals surface area contributed by atoms with Crippen LogP contribution in [0, 0.1) is 5.82 Å². The molecule has 1 saturated heterocycles. The molecular formula is C29H30FN5O4. The number of fused-ring (bicyclic) bond motifs is 1. The number of pyridine rings is 1. The normalized spacial score (nSPS) is 14.4. The van der Waals surface area contributed by atoms with Crippen LogP contribution in [-0.4, -0.2) is 50.4 Å². The summed E-state index contributed by atoms with van der Waals surface area (Å²) in [6.07, 6.45) is 2.80. The number of nitrogens with zero attached hydrogens (tertiary/aromatic N) is 4. The van der Waals surface area contributed by atoms with Crippen molar-refractivity contribution in [3.05, 3.63) is 77.9 Å². The molecule has 2 amide bonds. The Hall–Kier alpha value is -4.47. The van der Waals surface area contributed by atoms with Crippen molar-refractivity contribution >= 4 is 23.0 Å². The van der Waals surface area contributed by atoms with Crippen molar-refractivity contribution in [1.29, 1.82) is 0 Å². The van der Waals surface area contributed by atoms with Gasteiger partial charge in [-0.15, -0.1) is 0 Å². The molecule has 10 heteroatoms. The van der Waals surface area contributed by atoms with Gasteiger partial charge in [0.15, 0.2) is 5.69 Å². The number of likely N-dealkylation sites (tertiary alicyclic amines) is 1. The van der Waals surface area contributed by atoms with E-state index in [0.717, 1.165) is 18.4 Å². The van der Waals surface area contributed by atoms with Crippen LogP contribution in [0.5, 0.6) is 11.5 Å². The molecule has 5 rings (SSSR count). The van der Waals surface area contributed by atoms with Gasteiger partial charge in [0.05, 0.1) is 5.69 Å². The Morgan fingerprint density at radius 1 is 1.00 bits per heavy atom. The highest BCUT2D eigenvalue weighted by molar-refractivity contribution is 6.03. The highest BCUT2D eigenvalue weighted by Crippen LogP contribution is 2.34. The van der Waals surface area contributed by atoms with Gasteiger partial charge in [-0.25, -0.2) is 13.9 Å². The summed E-state index contributed by atoms with van der Waals surface area (Å²) in [7, 11) is 0. The third-order valence-corrected chi connectivity index (χ3v) is 6.52. The van der Waals surface area contributed by atoms with Gasteiger partial charge in [-0.05, 0) is 87.6 Å². The number of carbonyl (C=O) groups excluding carboxylic acids is 2. The molecule has 0 atom stereocenters. The largest absolute Gasteiger partial charge is 0.457 e. The lowest BCUT2D eigenvalue weighted by Crippen LogP contribution is -2.41. The van der Waals surface area contributed by atoms with Gasteiger partial charge in [0.2, 0.25) is 0 Å². The summed E-state index contributed by atoms with van der Waals surface area (Å²) in [6.45, 7) is 6.66. The maximum atomic E-state index is 13.5. The number of primary amides is 1. The molecule has 9 nitrogen and oxygen atoms in total. The number of aromatic nitrogens is 3. The van der Waals surface area contributed by atoms with Gasteiger partial charge in [0.1, 0.15) is 34.0 Å². The number of rotatable bonds is 5. The van der Waals surface area contributed by atoms with Crippen molar-refractivity contribution < 1.29 is 23.5 Å². The number of amides is 2. The highest BCUT2D eigenvalue weighted by atomic mass is 19.1. The summed E-state index contributed by atoms with van der Waals surface area (Å²) in [4.78, 5) is 31.2. The SMILES string of the molecule is CC(C)(C)OC(=O)N1CCC(c2ccnc3c(C(N)=O)n(-c4ccc(Oc5cccc(F)c5)cc4)nc23)CC1. The molecule has 4 aromatic rings. The van der Waals surface area contributed by atoms with E-state index in [4.69, 9.17) is 20.3 Å². The molecule has 39 heavy (non-hydrogen) atoms. The Kier molecular flexibility index (Phi) is 6.94. The zero-order valence-electron chi connectivity index (χ0n) is 22.1. The molecule has 0 unspecified atom stereocenters. The lowest BCUT2D eigenvalue weighted by Gasteiger charge is -2.33. The number of halogens is 1. The van der Waals surface area contributed by atoms with Gasteiger partial charge < -0.3 is 20.1 Å². The molecular weight excluding hydrogens is 501 g/mol. The minimum atomic E-state index is -0.651. The molecule has 2 N–H and O–H groups in total. The predicted molar refractivity (Wildman–Crippen MR) is 144 cm³/mol. The summed E-state index contributed by atoms with van der Waals surface area (Å²) in [5.74, 6) is -0.0474. The lowest BCUT2D eigenvalue weighted by molar-refractivity contribution is 0.0205. The Labute approximate surface area is 225 Å². The standard InChI is InChI=1S/C29H30FN5O4/c1-29(2,3)39-28(37)34-15-12-18(13-16-34)23-11-14-32-25-24(23)33-35(26(25)27(31)36)20-7-9-21(10-8-20)38-22-6-4-5-19(30)17-22/h4-11,14,17-18H,12-13,15-16H2,1-3H3,(H2,31,36). The zero-order chi connectivity index (χ0) is 27.7. The van der Waals surface area contributed by atoms with Crippen LogP contribution in [0.3, 0.4) is 0 Å². The van der Waals surface area contributed by atoms with Gasteiger partial charge >= 0.3 is 6.09 Å². The fourth-order valence-electron chi connectivity index (χ4n) is 4.76. The van der Waals surface area contributed by atoms with Gasteiger partial charge in [0, 0.05) is 25.4 Å². The minimum Gasteiger partial charge on any atom is -0.457 e. The quantitative estimate of drug-likeness (QED) is 0.361. The van der Waals surface area contributed by atoms with E-state index in [1.165, 1.54) is 16.8 Å².